The van der Waals surface area contributed by atoms with Crippen LogP contribution in [0.5, 0.6) is 11.8 Å². The van der Waals surface area contributed by atoms with E-state index < -0.39 is 91.8 Å². The van der Waals surface area contributed by atoms with Crippen LogP contribution in [0.1, 0.15) is 111 Å². The average molecular weight is 860 g/mol. The Balaban J connectivity index is 1.25. The molecule has 2 amide bonds. The van der Waals surface area contributed by atoms with E-state index in [1.165, 1.54) is 4.90 Å². The summed E-state index contributed by atoms with van der Waals surface area (Å²) in [7, 11) is -4.03. The molecule has 60 heavy (non-hydrogen) atoms. The average Bonchev–Trinajstić information content (AvgIpc) is 4.07. The number of rotatable bonds is 9. The third kappa shape index (κ3) is 8.63. The van der Waals surface area contributed by atoms with Gasteiger partial charge in [0.05, 0.1) is 41.7 Å². The summed E-state index contributed by atoms with van der Waals surface area (Å²) in [6, 6.07) is 6.41. The highest BCUT2D eigenvalue weighted by Crippen LogP contribution is 2.58. The predicted octanol–water partition coefficient (Wildman–Crippen LogP) is 7.16. The quantitative estimate of drug-likeness (QED) is 0.203. The van der Waals surface area contributed by atoms with Crippen LogP contribution >= 0.6 is 0 Å². The van der Waals surface area contributed by atoms with Crippen molar-refractivity contribution in [2.45, 2.75) is 140 Å². The molecule has 3 aliphatic heterocycles. The van der Waals surface area contributed by atoms with Gasteiger partial charge in [-0.25, -0.2) is 8.42 Å². The Morgan fingerprint density at radius 1 is 1.10 bits per heavy atom. The molecule has 0 radical (unpaired) electrons. The smallest absolute Gasteiger partial charge is 0.427 e. The Hall–Kier alpha value is -4.21. The number of Topliss-reactive ketones (excluding diaryl/α,β-unsaturated/α-hetero) is 1. The number of esters is 1. The molecule has 2 aliphatic carbocycles. The highest BCUT2D eigenvalue weighted by atomic mass is 32.2. The van der Waals surface area contributed by atoms with Crippen molar-refractivity contribution in [2.75, 3.05) is 13.2 Å². The number of ketones is 1. The molecule has 12 nitrogen and oxygen atoms in total. The Morgan fingerprint density at radius 3 is 2.50 bits per heavy atom. The maximum absolute atomic E-state index is 15.1. The normalized spacial score (nSPS) is 30.1. The van der Waals surface area contributed by atoms with Gasteiger partial charge >= 0.3 is 12.1 Å². The minimum Gasteiger partial charge on any atom is -0.477 e. The molecule has 0 spiro atoms. The van der Waals surface area contributed by atoms with Crippen molar-refractivity contribution in [2.24, 2.45) is 29.1 Å². The van der Waals surface area contributed by atoms with E-state index in [0.29, 0.717) is 56.4 Å². The van der Waals surface area contributed by atoms with Gasteiger partial charge in [0.2, 0.25) is 39.2 Å². The monoisotopic (exact) mass is 859 g/mol. The summed E-state index contributed by atoms with van der Waals surface area (Å²) >= 11 is 0. The lowest BCUT2D eigenvalue weighted by atomic mass is 9.79. The number of allylic oxidation sites excluding steroid dienone is 2. The van der Waals surface area contributed by atoms with Crippen LogP contribution in [0.25, 0.3) is 10.8 Å². The number of aryl methyl sites for hydroxylation is 1. The van der Waals surface area contributed by atoms with Crippen molar-refractivity contribution in [3.8, 4) is 11.8 Å². The van der Waals surface area contributed by atoms with E-state index in [2.05, 4.69) is 4.72 Å². The second-order valence-electron chi connectivity index (χ2n) is 18.5. The maximum Gasteiger partial charge on any atom is 0.427 e. The Bertz CT molecular complexity index is 2170. The van der Waals surface area contributed by atoms with Gasteiger partial charge in [0.25, 0.3) is 0 Å². The lowest BCUT2D eigenvalue weighted by molar-refractivity contribution is -0.257. The molecule has 5 aliphatic rings. The topological polar surface area (TPSA) is 158 Å². The minimum absolute atomic E-state index is 0.0153. The molecule has 0 bridgehead atoms. The van der Waals surface area contributed by atoms with Gasteiger partial charge in [-0.2, -0.15) is 18.2 Å². The summed E-state index contributed by atoms with van der Waals surface area (Å²) in [4.78, 5) is 63.4. The first-order valence-corrected chi connectivity index (χ1v) is 22.7. The highest BCUT2D eigenvalue weighted by Gasteiger charge is 2.63. The molecule has 1 N–H and O–H groups in total. The van der Waals surface area contributed by atoms with Gasteiger partial charge in [0, 0.05) is 23.8 Å². The molecule has 1 saturated heterocycles. The molecule has 2 aromatic rings. The number of hydrogen-bond acceptors (Lipinski definition) is 10. The van der Waals surface area contributed by atoms with Crippen LogP contribution < -0.4 is 14.2 Å². The Labute approximate surface area is 349 Å². The third-order valence-electron chi connectivity index (χ3n) is 13.6. The van der Waals surface area contributed by atoms with Gasteiger partial charge in [0.15, 0.2) is 5.78 Å². The second kappa shape index (κ2) is 16.2. The molecular formula is C44H56F3N3O9S. The van der Waals surface area contributed by atoms with E-state index in [9.17, 15) is 36.0 Å². The second-order valence-corrected chi connectivity index (χ2v) is 20.7. The molecule has 2 saturated carbocycles. The first kappa shape index (κ1) is 43.9. The fourth-order valence-electron chi connectivity index (χ4n) is 9.20. The molecular weight excluding hydrogens is 804 g/mol. The van der Waals surface area contributed by atoms with E-state index >= 15 is 4.79 Å². The van der Waals surface area contributed by atoms with Crippen LogP contribution in [-0.4, -0.2) is 83.7 Å². The van der Waals surface area contributed by atoms with Gasteiger partial charge < -0.3 is 19.1 Å². The van der Waals surface area contributed by atoms with Crippen LogP contribution in [0.15, 0.2) is 36.4 Å². The molecule has 7 atom stereocenters. The van der Waals surface area contributed by atoms with Crippen molar-refractivity contribution < 1.29 is 55.0 Å². The zero-order chi connectivity index (χ0) is 43.4. The van der Waals surface area contributed by atoms with E-state index in [0.717, 1.165) is 37.6 Å². The molecule has 7 rings (SSSR count). The van der Waals surface area contributed by atoms with Crippen molar-refractivity contribution >= 4 is 44.4 Å². The maximum atomic E-state index is 15.1. The Morgan fingerprint density at radius 2 is 1.82 bits per heavy atom. The van der Waals surface area contributed by atoms with Gasteiger partial charge in [-0.1, -0.05) is 50.6 Å². The summed E-state index contributed by atoms with van der Waals surface area (Å²) in [5.74, 6) is -4.35. The largest absolute Gasteiger partial charge is 0.477 e. The first-order chi connectivity index (χ1) is 28.2. The molecule has 1 aromatic carbocycles. The number of halogens is 3. The van der Waals surface area contributed by atoms with Crippen LogP contribution in [0, 0.1) is 29.1 Å². The van der Waals surface area contributed by atoms with Gasteiger partial charge in [0.1, 0.15) is 6.10 Å². The lowest BCUT2D eigenvalue weighted by Crippen LogP contribution is -2.49. The van der Waals surface area contributed by atoms with Gasteiger partial charge in [-0.3, -0.25) is 23.9 Å². The number of benzene rings is 1. The predicted molar refractivity (Wildman–Crippen MR) is 215 cm³/mol. The van der Waals surface area contributed by atoms with Crippen LogP contribution in [0.4, 0.5) is 13.2 Å². The third-order valence-corrected chi connectivity index (χ3v) is 15.8. The van der Waals surface area contributed by atoms with Gasteiger partial charge in [-0.05, 0) is 101 Å². The number of carbonyl (C=O) groups excluding carboxylic acids is 4. The molecule has 3 fully saturated rings. The number of fused-ring (bicyclic) bond motifs is 5. The number of hydrogen-bond donors (Lipinski definition) is 1. The number of carbonyl (C=O) groups is 4. The van der Waals surface area contributed by atoms with E-state index in [1.54, 1.807) is 6.92 Å². The zero-order valence-corrected chi connectivity index (χ0v) is 35.8. The van der Waals surface area contributed by atoms with Crippen LogP contribution in [-0.2, 0) is 40.4 Å². The first-order valence-electron chi connectivity index (χ1n) is 21.2. The fraction of sp³-hybridized carbons (Fsp3) is 0.659. The summed E-state index contributed by atoms with van der Waals surface area (Å²) in [6.07, 6.45) is 1.91. The molecule has 328 valence electrons. The number of sulfonamides is 1. The van der Waals surface area contributed by atoms with Crippen molar-refractivity contribution in [1.29, 1.82) is 0 Å². The standard InChI is InChI=1S/C44H56F3N3O9S/c1-6-27-20-26(2)12-7-8-13-28-23-43(28,40(54)49-60(55,56)42(5)17-18-42)24-35(51)34-21-29(25-50(34)39(53)33(27)22-36(52)59-41(3,4)44(45,46)47)58-38-32-15-10-9-14-30(32)31-16-11-19-57-37(31)48-38/h8-10,13-15,26-29,33-34H,6-7,11-12,16-25H2,1-5H3,(H,49,54)/b13-8-/t26-,27-,28-,29-,33+,34+,43-/m1/s1. The van der Waals surface area contributed by atoms with E-state index in [4.69, 9.17) is 19.2 Å². The zero-order valence-electron chi connectivity index (χ0n) is 34.9. The number of alkyl halides is 3. The Kier molecular flexibility index (Phi) is 11.9. The number of amides is 2. The van der Waals surface area contributed by atoms with Gasteiger partial charge in [-0.15, -0.1) is 0 Å². The van der Waals surface area contributed by atoms with Crippen LogP contribution in [0.3, 0.4) is 0 Å². The molecule has 16 heteroatoms. The molecule has 0 unspecified atom stereocenters. The fourth-order valence-corrected chi connectivity index (χ4v) is 10.5. The number of nitrogens with one attached hydrogen (secondary N) is 1. The highest BCUT2D eigenvalue weighted by molar-refractivity contribution is 7.91. The van der Waals surface area contributed by atoms with Crippen molar-refractivity contribution in [1.82, 2.24) is 14.6 Å². The van der Waals surface area contributed by atoms with E-state index in [-0.39, 0.29) is 37.6 Å². The SMILES string of the molecule is CC[C@@H]1C[C@H](C)CC/C=C\[C@@H]2C[C@@]2(C(=O)NS(=O)(=O)C2(C)CC2)CC(=O)[C@@H]2C[C@@H](Oc3nc4c(c5ccccc35)CCCO4)CN2C(=O)[C@H]1CC(=O)OC(C)(C)C(F)(F)F. The summed E-state index contributed by atoms with van der Waals surface area (Å²) in [6.45, 7) is 7.30. The number of pyridine rings is 1. The summed E-state index contributed by atoms with van der Waals surface area (Å²) in [5.41, 5.74) is -3.24. The summed E-state index contributed by atoms with van der Waals surface area (Å²) in [5, 5.41) is 1.61. The molecule has 1 aromatic heterocycles. The number of ether oxygens (including phenoxy) is 3. The molecule has 4 heterocycles. The van der Waals surface area contributed by atoms with E-state index in [1.807, 2.05) is 50.3 Å². The minimum atomic E-state index is -4.86. The number of aromatic nitrogens is 1. The lowest BCUT2D eigenvalue weighted by Gasteiger charge is -2.34. The van der Waals surface area contributed by atoms with Crippen molar-refractivity contribution in [3.63, 3.8) is 0 Å². The summed E-state index contributed by atoms with van der Waals surface area (Å²) < 4.78 is 86.9. The van der Waals surface area contributed by atoms with Crippen LogP contribution in [0.2, 0.25) is 0 Å². The van der Waals surface area contributed by atoms with Crippen molar-refractivity contribution in [3.05, 3.63) is 42.0 Å². The number of nitrogens with zero attached hydrogens (tertiary/aromatic N) is 2.